The average Bonchev–Trinajstić information content (AvgIpc) is 2.34. The van der Waals surface area contributed by atoms with Crippen molar-refractivity contribution in [1.82, 2.24) is 0 Å². The van der Waals surface area contributed by atoms with E-state index in [1.807, 2.05) is 24.3 Å². The standard InChI is InChI=1S/C13H10O.C5H12/c1-3-7-12-10(5-1)9-11-6-2-4-8-13(11)14-12;1-5(2,3)4/h1-8H,9H2;1-4H3. The van der Waals surface area contributed by atoms with Crippen LogP contribution in [0.25, 0.3) is 0 Å². The molecule has 0 saturated carbocycles. The molecule has 0 unspecified atom stereocenters. The van der Waals surface area contributed by atoms with Gasteiger partial charge in [-0.15, -0.1) is 0 Å². The van der Waals surface area contributed by atoms with Gasteiger partial charge in [0.05, 0.1) is 0 Å². The lowest BCUT2D eigenvalue weighted by Gasteiger charge is -2.19. The molecule has 2 aromatic rings. The summed E-state index contributed by atoms with van der Waals surface area (Å²) in [6.45, 7) is 8.75. The maximum Gasteiger partial charge on any atom is 0.130 e. The van der Waals surface area contributed by atoms with Gasteiger partial charge < -0.3 is 4.74 Å². The highest BCUT2D eigenvalue weighted by Crippen LogP contribution is 2.35. The summed E-state index contributed by atoms with van der Waals surface area (Å²) in [7, 11) is 0. The van der Waals surface area contributed by atoms with Crippen molar-refractivity contribution in [2.45, 2.75) is 34.1 Å². The summed E-state index contributed by atoms with van der Waals surface area (Å²) in [4.78, 5) is 0. The number of fused-ring (bicyclic) bond motifs is 2. The highest BCUT2D eigenvalue weighted by Gasteiger charge is 2.14. The molecule has 0 aromatic heterocycles. The van der Waals surface area contributed by atoms with Gasteiger partial charge in [0, 0.05) is 6.42 Å². The molecule has 0 bridgehead atoms. The monoisotopic (exact) mass is 254 g/mol. The molecule has 0 N–H and O–H groups in total. The molecule has 3 rings (SSSR count). The van der Waals surface area contributed by atoms with Crippen LogP contribution in [0.4, 0.5) is 0 Å². The first-order chi connectivity index (χ1) is 8.93. The fraction of sp³-hybridized carbons (Fsp3) is 0.333. The molecule has 100 valence electrons. The molecule has 0 radical (unpaired) electrons. The molecule has 0 amide bonds. The zero-order valence-electron chi connectivity index (χ0n) is 12.2. The number of para-hydroxylation sites is 2. The Balaban J connectivity index is 0.000000232. The Morgan fingerprint density at radius 3 is 1.53 bits per heavy atom. The number of hydrogen-bond acceptors (Lipinski definition) is 1. The highest BCUT2D eigenvalue weighted by atomic mass is 16.5. The van der Waals surface area contributed by atoms with E-state index in [2.05, 4.69) is 52.0 Å². The van der Waals surface area contributed by atoms with Crippen LogP contribution in [-0.2, 0) is 6.42 Å². The third kappa shape index (κ3) is 4.13. The predicted molar refractivity (Wildman–Crippen MR) is 80.9 cm³/mol. The van der Waals surface area contributed by atoms with Gasteiger partial charge >= 0.3 is 0 Å². The SMILES string of the molecule is CC(C)(C)C.c1ccc2c(c1)Cc1ccccc1O2. The Morgan fingerprint density at radius 2 is 1.11 bits per heavy atom. The zero-order chi connectivity index (χ0) is 13.9. The van der Waals surface area contributed by atoms with Crippen molar-refractivity contribution < 1.29 is 4.74 Å². The topological polar surface area (TPSA) is 9.23 Å². The van der Waals surface area contributed by atoms with E-state index >= 15 is 0 Å². The van der Waals surface area contributed by atoms with Gasteiger partial charge in [0.1, 0.15) is 11.5 Å². The van der Waals surface area contributed by atoms with Gasteiger partial charge in [-0.05, 0) is 28.7 Å². The van der Waals surface area contributed by atoms with Crippen LogP contribution >= 0.6 is 0 Å². The fourth-order valence-electron chi connectivity index (χ4n) is 1.82. The van der Waals surface area contributed by atoms with Gasteiger partial charge in [-0.2, -0.15) is 0 Å². The second-order valence-electron chi connectivity index (χ2n) is 6.49. The summed E-state index contributed by atoms with van der Waals surface area (Å²) >= 11 is 0. The highest BCUT2D eigenvalue weighted by molar-refractivity contribution is 5.49. The lowest BCUT2D eigenvalue weighted by Crippen LogP contribution is -2.01. The lowest BCUT2D eigenvalue weighted by atomic mass is 10.0. The number of ether oxygens (including phenoxy) is 1. The van der Waals surface area contributed by atoms with Crippen LogP contribution in [0, 0.1) is 5.41 Å². The van der Waals surface area contributed by atoms with E-state index in [-0.39, 0.29) is 0 Å². The molecule has 1 aliphatic heterocycles. The Morgan fingerprint density at radius 1 is 0.737 bits per heavy atom. The zero-order valence-corrected chi connectivity index (χ0v) is 12.2. The molecule has 1 heterocycles. The predicted octanol–water partition coefficient (Wildman–Crippen LogP) is 5.44. The summed E-state index contributed by atoms with van der Waals surface area (Å²) in [6, 6.07) is 16.4. The minimum Gasteiger partial charge on any atom is -0.457 e. The molecule has 1 nitrogen and oxygen atoms in total. The van der Waals surface area contributed by atoms with Crippen molar-refractivity contribution in [2.24, 2.45) is 5.41 Å². The van der Waals surface area contributed by atoms with Gasteiger partial charge in [-0.1, -0.05) is 64.1 Å². The van der Waals surface area contributed by atoms with Crippen LogP contribution in [0.5, 0.6) is 11.5 Å². The second-order valence-corrected chi connectivity index (χ2v) is 6.49. The molecule has 19 heavy (non-hydrogen) atoms. The van der Waals surface area contributed by atoms with E-state index in [0.717, 1.165) is 17.9 Å². The van der Waals surface area contributed by atoms with Crippen molar-refractivity contribution in [3.63, 3.8) is 0 Å². The van der Waals surface area contributed by atoms with Crippen LogP contribution in [0.3, 0.4) is 0 Å². The first kappa shape index (κ1) is 13.7. The van der Waals surface area contributed by atoms with E-state index in [1.54, 1.807) is 0 Å². The molecular formula is C18H22O. The van der Waals surface area contributed by atoms with Gasteiger partial charge in [0.25, 0.3) is 0 Å². The Labute approximate surface area is 116 Å². The molecule has 0 spiro atoms. The van der Waals surface area contributed by atoms with E-state index in [1.165, 1.54) is 11.1 Å². The van der Waals surface area contributed by atoms with Crippen LogP contribution in [0.1, 0.15) is 38.8 Å². The van der Waals surface area contributed by atoms with Crippen molar-refractivity contribution in [1.29, 1.82) is 0 Å². The van der Waals surface area contributed by atoms with Gasteiger partial charge in [-0.3, -0.25) is 0 Å². The van der Waals surface area contributed by atoms with Crippen LogP contribution < -0.4 is 4.74 Å². The molecule has 2 aromatic carbocycles. The first-order valence-corrected chi connectivity index (χ1v) is 6.77. The van der Waals surface area contributed by atoms with Crippen molar-refractivity contribution >= 4 is 0 Å². The van der Waals surface area contributed by atoms with E-state index in [4.69, 9.17) is 4.74 Å². The third-order valence-corrected chi connectivity index (χ3v) is 2.55. The largest absolute Gasteiger partial charge is 0.457 e. The molecule has 0 saturated heterocycles. The molecule has 0 atom stereocenters. The fourth-order valence-corrected chi connectivity index (χ4v) is 1.82. The summed E-state index contributed by atoms with van der Waals surface area (Å²) in [5.41, 5.74) is 3.04. The maximum atomic E-state index is 5.78. The molecule has 0 aliphatic carbocycles. The van der Waals surface area contributed by atoms with Crippen molar-refractivity contribution in [3.05, 3.63) is 59.7 Å². The quantitative estimate of drug-likeness (QED) is 0.519. The third-order valence-electron chi connectivity index (χ3n) is 2.55. The van der Waals surface area contributed by atoms with Crippen molar-refractivity contribution in [2.75, 3.05) is 0 Å². The minimum atomic E-state index is 0.500. The smallest absolute Gasteiger partial charge is 0.130 e. The van der Waals surface area contributed by atoms with Crippen LogP contribution in [0.15, 0.2) is 48.5 Å². The molecular weight excluding hydrogens is 232 g/mol. The Kier molecular flexibility index (Phi) is 3.94. The number of benzene rings is 2. The second kappa shape index (κ2) is 5.48. The molecule has 0 fully saturated rings. The summed E-state index contributed by atoms with van der Waals surface area (Å²) in [5, 5.41) is 0. The number of hydrogen-bond donors (Lipinski definition) is 0. The summed E-state index contributed by atoms with van der Waals surface area (Å²) < 4.78 is 5.78. The van der Waals surface area contributed by atoms with Gasteiger partial charge in [-0.25, -0.2) is 0 Å². The van der Waals surface area contributed by atoms with Crippen LogP contribution in [0.2, 0.25) is 0 Å². The Bertz CT molecular complexity index is 456. The van der Waals surface area contributed by atoms with Gasteiger partial charge in [0.2, 0.25) is 0 Å². The number of rotatable bonds is 0. The minimum absolute atomic E-state index is 0.500. The summed E-state index contributed by atoms with van der Waals surface area (Å²) in [5.74, 6) is 1.98. The summed E-state index contributed by atoms with van der Waals surface area (Å²) in [6.07, 6.45) is 0.979. The maximum absolute atomic E-state index is 5.78. The Hall–Kier alpha value is -1.76. The van der Waals surface area contributed by atoms with Crippen molar-refractivity contribution in [3.8, 4) is 11.5 Å². The molecule has 1 heteroatoms. The first-order valence-electron chi connectivity index (χ1n) is 6.77. The van der Waals surface area contributed by atoms with Crippen LogP contribution in [-0.4, -0.2) is 0 Å². The molecule has 1 aliphatic rings. The van der Waals surface area contributed by atoms with E-state index < -0.39 is 0 Å². The van der Waals surface area contributed by atoms with E-state index in [9.17, 15) is 0 Å². The van der Waals surface area contributed by atoms with Gasteiger partial charge in [0.15, 0.2) is 0 Å². The normalized spacial score (nSPS) is 12.4. The van der Waals surface area contributed by atoms with E-state index in [0.29, 0.717) is 5.41 Å². The lowest BCUT2D eigenvalue weighted by molar-refractivity contribution is 0.460. The average molecular weight is 254 g/mol.